The first-order valence-corrected chi connectivity index (χ1v) is 7.99. The smallest absolute Gasteiger partial charge is 0.305 e. The van der Waals surface area contributed by atoms with Gasteiger partial charge in [-0.1, -0.05) is 19.8 Å². The van der Waals surface area contributed by atoms with Gasteiger partial charge >= 0.3 is 5.97 Å². The van der Waals surface area contributed by atoms with Crippen LogP contribution in [0.25, 0.3) is 0 Å². The van der Waals surface area contributed by atoms with Crippen LogP contribution in [0.3, 0.4) is 0 Å². The molecule has 0 aromatic heterocycles. The molecular weight excluding hydrogens is 302 g/mol. The topological polar surface area (TPSA) is 82.1 Å². The van der Waals surface area contributed by atoms with Gasteiger partial charge in [0.15, 0.2) is 0 Å². The van der Waals surface area contributed by atoms with Crippen LogP contribution in [0.5, 0.6) is 0 Å². The maximum Gasteiger partial charge on any atom is 0.305 e. The van der Waals surface area contributed by atoms with Gasteiger partial charge in [-0.3, -0.25) is 19.3 Å². The van der Waals surface area contributed by atoms with Crippen molar-refractivity contribution in [3.05, 3.63) is 12.2 Å². The summed E-state index contributed by atoms with van der Waals surface area (Å²) in [5.74, 6) is -0.807. The molecule has 0 aliphatic carbocycles. The SMILES string of the molecule is CCCCCC(=O)OCCOCCOCCN1C(=O)C=CC1=O. The van der Waals surface area contributed by atoms with Crippen molar-refractivity contribution >= 4 is 17.8 Å². The number of imide groups is 1. The van der Waals surface area contributed by atoms with Crippen molar-refractivity contribution < 1.29 is 28.6 Å². The highest BCUT2D eigenvalue weighted by atomic mass is 16.6. The highest BCUT2D eigenvalue weighted by Crippen LogP contribution is 2.02. The van der Waals surface area contributed by atoms with Gasteiger partial charge in [0.05, 0.1) is 33.0 Å². The molecule has 130 valence electrons. The summed E-state index contributed by atoms with van der Waals surface area (Å²) < 4.78 is 15.6. The van der Waals surface area contributed by atoms with Crippen LogP contribution in [-0.4, -0.2) is 62.3 Å². The van der Waals surface area contributed by atoms with E-state index in [9.17, 15) is 14.4 Å². The first-order valence-electron chi connectivity index (χ1n) is 7.99. The zero-order chi connectivity index (χ0) is 16.9. The molecule has 0 spiro atoms. The highest BCUT2D eigenvalue weighted by Gasteiger charge is 2.22. The van der Waals surface area contributed by atoms with Crippen LogP contribution in [0.15, 0.2) is 12.2 Å². The molecule has 0 saturated carbocycles. The van der Waals surface area contributed by atoms with Gasteiger partial charge in [-0.2, -0.15) is 0 Å². The average molecular weight is 327 g/mol. The van der Waals surface area contributed by atoms with E-state index in [-0.39, 0.29) is 37.5 Å². The fraction of sp³-hybridized carbons (Fsp3) is 0.688. The largest absolute Gasteiger partial charge is 0.463 e. The number of nitrogens with zero attached hydrogens (tertiary/aromatic N) is 1. The average Bonchev–Trinajstić information content (AvgIpc) is 2.85. The number of amides is 2. The molecule has 0 aromatic rings. The number of ether oxygens (including phenoxy) is 3. The molecule has 1 heterocycles. The third kappa shape index (κ3) is 8.47. The lowest BCUT2D eigenvalue weighted by molar-refractivity contribution is -0.145. The lowest BCUT2D eigenvalue weighted by Gasteiger charge is -2.13. The summed E-state index contributed by atoms with van der Waals surface area (Å²) in [6, 6.07) is 0. The van der Waals surface area contributed by atoms with E-state index in [1.165, 1.54) is 12.2 Å². The molecule has 2 amide bonds. The fourth-order valence-electron chi connectivity index (χ4n) is 1.94. The van der Waals surface area contributed by atoms with E-state index in [1.54, 1.807) is 0 Å². The van der Waals surface area contributed by atoms with Gasteiger partial charge in [-0.05, 0) is 6.42 Å². The lowest BCUT2D eigenvalue weighted by atomic mass is 10.2. The second-order valence-electron chi connectivity index (χ2n) is 5.06. The number of hydrogen-bond donors (Lipinski definition) is 0. The summed E-state index contributed by atoms with van der Waals surface area (Å²) in [6.45, 7) is 3.89. The van der Waals surface area contributed by atoms with Crippen molar-refractivity contribution in [3.8, 4) is 0 Å². The number of hydrogen-bond acceptors (Lipinski definition) is 6. The van der Waals surface area contributed by atoms with E-state index in [1.807, 2.05) is 0 Å². The number of carbonyl (C=O) groups is 3. The lowest BCUT2D eigenvalue weighted by Crippen LogP contribution is -2.33. The first kappa shape index (κ1) is 19.3. The van der Waals surface area contributed by atoms with Crippen LogP contribution in [-0.2, 0) is 28.6 Å². The molecule has 0 unspecified atom stereocenters. The highest BCUT2D eigenvalue weighted by molar-refractivity contribution is 6.12. The Hall–Kier alpha value is -1.73. The van der Waals surface area contributed by atoms with Gasteiger partial charge in [0.2, 0.25) is 0 Å². The zero-order valence-electron chi connectivity index (χ0n) is 13.6. The molecule has 0 atom stereocenters. The Kier molecular flexibility index (Phi) is 9.90. The monoisotopic (exact) mass is 327 g/mol. The quantitative estimate of drug-likeness (QED) is 0.286. The molecule has 1 rings (SSSR count). The molecule has 0 bridgehead atoms. The Balaban J connectivity index is 1.86. The van der Waals surface area contributed by atoms with Gasteiger partial charge in [0.25, 0.3) is 11.8 Å². The van der Waals surface area contributed by atoms with E-state index in [4.69, 9.17) is 14.2 Å². The van der Waals surface area contributed by atoms with Gasteiger partial charge < -0.3 is 14.2 Å². The van der Waals surface area contributed by atoms with Gasteiger partial charge in [-0.15, -0.1) is 0 Å². The number of unbranched alkanes of at least 4 members (excludes halogenated alkanes) is 2. The fourth-order valence-corrected chi connectivity index (χ4v) is 1.94. The Morgan fingerprint density at radius 3 is 2.22 bits per heavy atom. The zero-order valence-corrected chi connectivity index (χ0v) is 13.6. The third-order valence-corrected chi connectivity index (χ3v) is 3.21. The van der Waals surface area contributed by atoms with Gasteiger partial charge in [-0.25, -0.2) is 0 Å². The predicted octanol–water partition coefficient (Wildman–Crippen LogP) is 1.07. The molecule has 23 heavy (non-hydrogen) atoms. The molecule has 7 nitrogen and oxygen atoms in total. The van der Waals surface area contributed by atoms with Crippen LogP contribution in [0.1, 0.15) is 32.6 Å². The summed E-state index contributed by atoms with van der Waals surface area (Å²) >= 11 is 0. The van der Waals surface area contributed by atoms with E-state index in [0.29, 0.717) is 26.2 Å². The van der Waals surface area contributed by atoms with E-state index in [2.05, 4.69) is 6.92 Å². The van der Waals surface area contributed by atoms with Crippen molar-refractivity contribution in [1.29, 1.82) is 0 Å². The molecular formula is C16H25NO6. The maximum absolute atomic E-state index is 11.3. The summed E-state index contributed by atoms with van der Waals surface area (Å²) in [6.07, 6.45) is 5.92. The second kappa shape index (κ2) is 11.8. The second-order valence-corrected chi connectivity index (χ2v) is 5.06. The molecule has 7 heteroatoms. The number of esters is 1. The van der Waals surface area contributed by atoms with Gasteiger partial charge in [0.1, 0.15) is 6.61 Å². The molecule has 1 aliphatic rings. The predicted molar refractivity (Wildman–Crippen MR) is 82.6 cm³/mol. The van der Waals surface area contributed by atoms with E-state index in [0.717, 1.165) is 24.2 Å². The summed E-state index contributed by atoms with van der Waals surface area (Å²) in [7, 11) is 0. The molecule has 0 fully saturated rings. The van der Waals surface area contributed by atoms with Crippen LogP contribution in [0.4, 0.5) is 0 Å². The van der Waals surface area contributed by atoms with E-state index < -0.39 is 0 Å². The van der Waals surface area contributed by atoms with Crippen LogP contribution < -0.4 is 0 Å². The van der Waals surface area contributed by atoms with Crippen molar-refractivity contribution in [2.75, 3.05) is 39.6 Å². The molecule has 0 radical (unpaired) electrons. The molecule has 1 aliphatic heterocycles. The van der Waals surface area contributed by atoms with Crippen molar-refractivity contribution in [2.45, 2.75) is 32.6 Å². The molecule has 0 N–H and O–H groups in total. The summed E-state index contributed by atoms with van der Waals surface area (Å²) in [4.78, 5) is 34.9. The minimum absolute atomic E-state index is 0.188. The minimum atomic E-state index is -0.310. The van der Waals surface area contributed by atoms with Crippen molar-refractivity contribution in [1.82, 2.24) is 4.90 Å². The Morgan fingerprint density at radius 1 is 0.957 bits per heavy atom. The molecule has 0 saturated heterocycles. The third-order valence-electron chi connectivity index (χ3n) is 3.21. The normalized spacial score (nSPS) is 13.9. The van der Waals surface area contributed by atoms with E-state index >= 15 is 0 Å². The Labute approximate surface area is 136 Å². The van der Waals surface area contributed by atoms with Crippen molar-refractivity contribution in [3.63, 3.8) is 0 Å². The Bertz CT molecular complexity index is 403. The van der Waals surface area contributed by atoms with Crippen LogP contribution in [0, 0.1) is 0 Å². The van der Waals surface area contributed by atoms with Gasteiger partial charge in [0, 0.05) is 18.6 Å². The van der Waals surface area contributed by atoms with Crippen LogP contribution >= 0.6 is 0 Å². The molecule has 0 aromatic carbocycles. The summed E-state index contributed by atoms with van der Waals surface area (Å²) in [5, 5.41) is 0. The number of rotatable bonds is 13. The van der Waals surface area contributed by atoms with Crippen LogP contribution in [0.2, 0.25) is 0 Å². The standard InChI is InChI=1S/C16H25NO6/c1-2-3-4-5-16(20)23-13-12-22-11-10-21-9-8-17-14(18)6-7-15(17)19/h6-7H,2-5,8-13H2,1H3. The van der Waals surface area contributed by atoms with Crippen molar-refractivity contribution in [2.24, 2.45) is 0 Å². The summed E-state index contributed by atoms with van der Waals surface area (Å²) in [5.41, 5.74) is 0. The minimum Gasteiger partial charge on any atom is -0.463 e. The maximum atomic E-state index is 11.3. The number of carbonyl (C=O) groups excluding carboxylic acids is 3. The first-order chi connectivity index (χ1) is 11.1. The Morgan fingerprint density at radius 2 is 1.57 bits per heavy atom.